The maximum Gasteiger partial charge on any atom is 0.308 e. The van der Waals surface area contributed by atoms with Gasteiger partial charge in [-0.05, 0) is 35.3 Å². The second-order valence-electron chi connectivity index (χ2n) is 3.33. The first-order valence-electron chi connectivity index (χ1n) is 5.04. The second kappa shape index (κ2) is 5.86. The highest BCUT2D eigenvalue weighted by molar-refractivity contribution is 8.67. The lowest BCUT2D eigenvalue weighted by Gasteiger charge is -2.16. The molecular weight excluding hydrogens is 309 g/mol. The Balaban J connectivity index is 2.30. The Bertz CT molecular complexity index is 643. The summed E-state index contributed by atoms with van der Waals surface area (Å²) in [7, 11) is 3.07. The molecule has 8 heteroatoms. The molecule has 0 aliphatic rings. The van der Waals surface area contributed by atoms with E-state index in [9.17, 15) is 4.79 Å². The smallest absolute Gasteiger partial charge is 0.308 e. The molecule has 2 rings (SSSR count). The number of nitrogens with zero attached hydrogens (tertiary/aromatic N) is 1. The van der Waals surface area contributed by atoms with Gasteiger partial charge < -0.3 is 9.05 Å². The van der Waals surface area contributed by atoms with E-state index < -0.39 is 5.69 Å². The zero-order chi connectivity index (χ0) is 13.2. The normalized spacial score (nSPS) is 12.1. The third-order valence-electron chi connectivity index (χ3n) is 2.37. The molecule has 0 N–H and O–H groups in total. The summed E-state index contributed by atoms with van der Waals surface area (Å²) >= 11 is 7.86. The summed E-state index contributed by atoms with van der Waals surface area (Å²) in [6.07, 6.45) is 0. The molecule has 0 fully saturated rings. The van der Waals surface area contributed by atoms with Crippen LogP contribution in [0.25, 0.3) is 10.2 Å². The predicted octanol–water partition coefficient (Wildman–Crippen LogP) is 3.27. The summed E-state index contributed by atoms with van der Waals surface area (Å²) in [6, 6.07) is 7.70. The summed E-state index contributed by atoms with van der Waals surface area (Å²) in [5.41, 5.74) is -1.40. The predicted molar refractivity (Wildman–Crippen MR) is 82.0 cm³/mol. The van der Waals surface area contributed by atoms with Crippen LogP contribution in [-0.2, 0) is 26.7 Å². The summed E-state index contributed by atoms with van der Waals surface area (Å²) in [4.78, 5) is 11.9. The van der Waals surface area contributed by atoms with Gasteiger partial charge in [-0.3, -0.25) is 9.36 Å². The topological polar surface area (TPSA) is 40.5 Å². The number of fused-ring (bicyclic) bond motifs is 1. The Morgan fingerprint density at radius 2 is 2.06 bits per heavy atom. The molecular formula is C10H12NO3PS3. The third-order valence-corrected chi connectivity index (χ3v) is 8.94. The van der Waals surface area contributed by atoms with Crippen molar-refractivity contribution in [1.82, 2.24) is 4.57 Å². The maximum atomic E-state index is 11.9. The second-order valence-corrected chi connectivity index (χ2v) is 10.8. The van der Waals surface area contributed by atoms with Gasteiger partial charge in [0.25, 0.3) is 0 Å². The lowest BCUT2D eigenvalue weighted by Crippen LogP contribution is -2.10. The van der Waals surface area contributed by atoms with Crippen molar-refractivity contribution in [3.63, 3.8) is 0 Å². The highest BCUT2D eigenvalue weighted by Crippen LogP contribution is 2.60. The fourth-order valence-electron chi connectivity index (χ4n) is 1.44. The van der Waals surface area contributed by atoms with Crippen molar-refractivity contribution >= 4 is 50.4 Å². The fraction of sp³-hybridized carbons (Fsp3) is 0.300. The van der Waals surface area contributed by atoms with Crippen LogP contribution in [0.15, 0.2) is 29.1 Å². The van der Waals surface area contributed by atoms with Gasteiger partial charge in [0.1, 0.15) is 0 Å². The Morgan fingerprint density at radius 1 is 1.39 bits per heavy atom. The summed E-state index contributed by atoms with van der Waals surface area (Å²) in [6.45, 7) is 0. The van der Waals surface area contributed by atoms with Gasteiger partial charge in [0.05, 0.1) is 16.1 Å². The molecule has 1 heterocycles. The molecule has 0 radical (unpaired) electrons. The van der Waals surface area contributed by atoms with Gasteiger partial charge in [0.2, 0.25) is 5.69 Å². The number of thiazole rings is 1. The lowest BCUT2D eigenvalue weighted by atomic mass is 10.3. The van der Waals surface area contributed by atoms with Crippen LogP contribution in [0.1, 0.15) is 0 Å². The molecule has 98 valence electrons. The number of para-hydroxylation sites is 1. The average molecular weight is 321 g/mol. The molecule has 0 saturated heterocycles. The number of hydrogen-bond donors (Lipinski definition) is 0. The van der Waals surface area contributed by atoms with Crippen LogP contribution in [-0.4, -0.2) is 18.8 Å². The fourth-order valence-corrected chi connectivity index (χ4v) is 5.12. The lowest BCUT2D eigenvalue weighted by molar-refractivity contribution is 0.354. The number of rotatable bonds is 5. The largest absolute Gasteiger partial charge is 0.325 e. The van der Waals surface area contributed by atoms with Crippen LogP contribution in [0.4, 0.5) is 0 Å². The Hall–Kier alpha value is -0.170. The van der Waals surface area contributed by atoms with E-state index in [4.69, 9.17) is 20.9 Å². The van der Waals surface area contributed by atoms with Crippen molar-refractivity contribution in [2.24, 2.45) is 0 Å². The first-order valence-corrected chi connectivity index (χ1v) is 10.1. The highest BCUT2D eigenvalue weighted by atomic mass is 32.9. The number of hydrogen-bond acceptors (Lipinski definition) is 6. The van der Waals surface area contributed by atoms with Crippen molar-refractivity contribution in [2.45, 2.75) is 5.88 Å². The minimum Gasteiger partial charge on any atom is -0.325 e. The third kappa shape index (κ3) is 2.87. The van der Waals surface area contributed by atoms with E-state index in [2.05, 4.69) is 0 Å². The molecule has 0 aliphatic heterocycles. The van der Waals surface area contributed by atoms with Crippen LogP contribution in [0.3, 0.4) is 0 Å². The van der Waals surface area contributed by atoms with Gasteiger partial charge in [-0.2, -0.15) is 0 Å². The van der Waals surface area contributed by atoms with Gasteiger partial charge in [0.15, 0.2) is 0 Å². The van der Waals surface area contributed by atoms with E-state index >= 15 is 0 Å². The van der Waals surface area contributed by atoms with Gasteiger partial charge in [-0.1, -0.05) is 23.5 Å². The summed E-state index contributed by atoms with van der Waals surface area (Å²) in [5.74, 6) is 0.446. The zero-order valence-corrected chi connectivity index (χ0v) is 13.2. The van der Waals surface area contributed by atoms with E-state index in [0.717, 1.165) is 10.2 Å². The molecule has 0 saturated carbocycles. The highest BCUT2D eigenvalue weighted by Gasteiger charge is 2.17. The van der Waals surface area contributed by atoms with Crippen molar-refractivity contribution in [3.8, 4) is 0 Å². The minimum absolute atomic E-state index is 0.0115. The van der Waals surface area contributed by atoms with E-state index in [1.165, 1.54) is 36.9 Å². The molecule has 0 atom stereocenters. The first-order chi connectivity index (χ1) is 8.59. The summed E-state index contributed by atoms with van der Waals surface area (Å²) in [5, 5.41) is 0. The van der Waals surface area contributed by atoms with E-state index in [0.29, 0.717) is 5.88 Å². The maximum absolute atomic E-state index is 11.9. The van der Waals surface area contributed by atoms with Crippen LogP contribution in [0.5, 0.6) is 0 Å². The van der Waals surface area contributed by atoms with Crippen molar-refractivity contribution in [2.75, 3.05) is 14.2 Å². The SMILES string of the molecule is COP(=S)(OC)SCn1c(=O)sc2ccccc21. The van der Waals surface area contributed by atoms with Gasteiger partial charge in [-0.25, -0.2) is 0 Å². The van der Waals surface area contributed by atoms with E-state index in [1.807, 2.05) is 24.3 Å². The van der Waals surface area contributed by atoms with Crippen LogP contribution in [0.2, 0.25) is 0 Å². The Morgan fingerprint density at radius 3 is 2.72 bits per heavy atom. The van der Waals surface area contributed by atoms with Gasteiger partial charge >= 0.3 is 4.87 Å². The quantitative estimate of drug-likeness (QED) is 0.791. The van der Waals surface area contributed by atoms with Gasteiger partial charge in [-0.15, -0.1) is 0 Å². The molecule has 1 aromatic carbocycles. The minimum atomic E-state index is -2.33. The van der Waals surface area contributed by atoms with Crippen molar-refractivity contribution in [1.29, 1.82) is 0 Å². The molecule has 4 nitrogen and oxygen atoms in total. The zero-order valence-electron chi connectivity index (χ0n) is 9.86. The van der Waals surface area contributed by atoms with Crippen molar-refractivity contribution in [3.05, 3.63) is 33.9 Å². The Kier molecular flexibility index (Phi) is 4.64. The molecule has 0 spiro atoms. The molecule has 0 bridgehead atoms. The molecule has 0 amide bonds. The standard InChI is InChI=1S/C10H12NO3PS3/c1-13-15(16,14-2)17-7-11-8-5-3-4-6-9(8)18-10(11)12/h3-6H,7H2,1-2H3. The molecule has 0 aliphatic carbocycles. The van der Waals surface area contributed by atoms with Gasteiger partial charge in [0, 0.05) is 14.2 Å². The molecule has 1 aromatic heterocycles. The van der Waals surface area contributed by atoms with Crippen molar-refractivity contribution < 1.29 is 9.05 Å². The summed E-state index contributed by atoms with van der Waals surface area (Å²) < 4.78 is 13.1. The number of benzene rings is 1. The Labute approximate surface area is 118 Å². The van der Waals surface area contributed by atoms with Crippen LogP contribution >= 0.6 is 28.4 Å². The average Bonchev–Trinajstić information content (AvgIpc) is 2.72. The number of aromatic nitrogens is 1. The monoisotopic (exact) mass is 321 g/mol. The molecule has 2 aromatic rings. The molecule has 18 heavy (non-hydrogen) atoms. The van der Waals surface area contributed by atoms with Crippen LogP contribution in [0, 0.1) is 0 Å². The van der Waals surface area contributed by atoms with E-state index in [1.54, 1.807) is 4.57 Å². The van der Waals surface area contributed by atoms with Crippen LogP contribution < -0.4 is 4.87 Å². The first kappa shape index (κ1) is 14.2. The van der Waals surface area contributed by atoms with E-state index in [-0.39, 0.29) is 4.87 Å². The molecule has 0 unspecified atom stereocenters.